The molecule has 154 valence electrons. The number of esters is 1. The average Bonchev–Trinajstić information content (AvgIpc) is 2.76. The molecule has 3 amide bonds. The molecule has 0 saturated heterocycles. The summed E-state index contributed by atoms with van der Waals surface area (Å²) in [5.41, 5.74) is 0.443. The van der Waals surface area contributed by atoms with E-state index >= 15 is 0 Å². The lowest BCUT2D eigenvalue weighted by molar-refractivity contribution is -0.158. The van der Waals surface area contributed by atoms with Crippen LogP contribution in [0.1, 0.15) is 18.6 Å². The predicted octanol–water partition coefficient (Wildman–Crippen LogP) is 3.35. The number of rotatable bonds is 7. The summed E-state index contributed by atoms with van der Waals surface area (Å²) in [7, 11) is 0. The molecule has 3 aromatic rings. The van der Waals surface area contributed by atoms with Gasteiger partial charge in [-0.15, -0.1) is 0 Å². The van der Waals surface area contributed by atoms with E-state index in [9.17, 15) is 14.4 Å². The lowest BCUT2D eigenvalue weighted by Crippen LogP contribution is -2.42. The van der Waals surface area contributed by atoms with Gasteiger partial charge in [0, 0.05) is 12.1 Å². The van der Waals surface area contributed by atoms with E-state index in [1.807, 2.05) is 36.4 Å². The molecule has 0 aliphatic heterocycles. The summed E-state index contributed by atoms with van der Waals surface area (Å²) < 4.78 is 10.9. The maximum Gasteiger partial charge on any atom is 0.345 e. The van der Waals surface area contributed by atoms with E-state index in [0.717, 1.165) is 10.8 Å². The van der Waals surface area contributed by atoms with Gasteiger partial charge in [0.2, 0.25) is 6.10 Å². The van der Waals surface area contributed by atoms with Crippen molar-refractivity contribution in [3.05, 3.63) is 78.4 Å². The van der Waals surface area contributed by atoms with Crippen LogP contribution in [-0.2, 0) is 14.3 Å². The zero-order valence-electron chi connectivity index (χ0n) is 16.5. The first-order chi connectivity index (χ1) is 14.6. The van der Waals surface area contributed by atoms with Gasteiger partial charge in [0.25, 0.3) is 5.91 Å². The van der Waals surface area contributed by atoms with Gasteiger partial charge in [0.1, 0.15) is 5.75 Å². The number of amides is 3. The standard InChI is InChI=1S/C23H22N2O5/c1-2-24-23(28)25-22(27)21(17-9-4-3-5-10-17)30-20(26)15-29-19-13-12-16-8-6-7-11-18(16)14-19/h3-14,21H,2,15H2,1H3,(H2,24,25,27,28)/t21-/m0/s1. The van der Waals surface area contributed by atoms with Crippen LogP contribution in [0.4, 0.5) is 4.79 Å². The summed E-state index contributed by atoms with van der Waals surface area (Å²) in [6, 6.07) is 21.0. The summed E-state index contributed by atoms with van der Waals surface area (Å²) in [5.74, 6) is -0.969. The molecular weight excluding hydrogens is 384 g/mol. The molecule has 0 bridgehead atoms. The number of urea groups is 1. The second kappa shape index (κ2) is 10.1. The predicted molar refractivity (Wildman–Crippen MR) is 112 cm³/mol. The van der Waals surface area contributed by atoms with E-state index in [-0.39, 0.29) is 6.61 Å². The second-order valence-electron chi connectivity index (χ2n) is 6.43. The third-order valence-electron chi connectivity index (χ3n) is 4.24. The summed E-state index contributed by atoms with van der Waals surface area (Å²) in [4.78, 5) is 36.5. The molecule has 3 aromatic carbocycles. The number of hydrogen-bond acceptors (Lipinski definition) is 5. The van der Waals surface area contributed by atoms with E-state index in [1.54, 1.807) is 43.3 Å². The Morgan fingerprint density at radius 1 is 0.900 bits per heavy atom. The summed E-state index contributed by atoms with van der Waals surface area (Å²) in [5, 5.41) is 6.67. The normalized spacial score (nSPS) is 11.4. The maximum absolute atomic E-state index is 12.5. The lowest BCUT2D eigenvalue weighted by atomic mass is 10.1. The number of benzene rings is 3. The number of ether oxygens (including phenoxy) is 2. The van der Waals surface area contributed by atoms with Crippen molar-refractivity contribution in [1.29, 1.82) is 0 Å². The van der Waals surface area contributed by atoms with Crippen LogP contribution < -0.4 is 15.4 Å². The molecule has 0 aliphatic rings. The van der Waals surface area contributed by atoms with E-state index in [4.69, 9.17) is 9.47 Å². The zero-order valence-corrected chi connectivity index (χ0v) is 16.5. The molecule has 1 atom stereocenters. The molecule has 0 heterocycles. The van der Waals surface area contributed by atoms with Crippen LogP contribution in [0.2, 0.25) is 0 Å². The van der Waals surface area contributed by atoms with Gasteiger partial charge in [-0.25, -0.2) is 9.59 Å². The Hall–Kier alpha value is -3.87. The van der Waals surface area contributed by atoms with Gasteiger partial charge in [-0.1, -0.05) is 60.7 Å². The van der Waals surface area contributed by atoms with Crippen LogP contribution in [0.5, 0.6) is 5.75 Å². The van der Waals surface area contributed by atoms with Crippen LogP contribution in [0.15, 0.2) is 72.8 Å². The van der Waals surface area contributed by atoms with E-state index < -0.39 is 24.0 Å². The molecule has 0 fully saturated rings. The highest BCUT2D eigenvalue weighted by atomic mass is 16.6. The summed E-state index contributed by atoms with van der Waals surface area (Å²) in [6.45, 7) is 1.70. The number of hydrogen-bond donors (Lipinski definition) is 2. The summed E-state index contributed by atoms with van der Waals surface area (Å²) in [6.07, 6.45) is -1.28. The van der Waals surface area contributed by atoms with Crippen molar-refractivity contribution in [1.82, 2.24) is 10.6 Å². The maximum atomic E-state index is 12.5. The summed E-state index contributed by atoms with van der Waals surface area (Å²) >= 11 is 0. The van der Waals surface area contributed by atoms with Crippen molar-refractivity contribution in [2.75, 3.05) is 13.2 Å². The first-order valence-corrected chi connectivity index (χ1v) is 9.51. The number of imide groups is 1. The molecule has 0 saturated carbocycles. The minimum atomic E-state index is -1.28. The Balaban J connectivity index is 1.66. The third-order valence-corrected chi connectivity index (χ3v) is 4.24. The minimum Gasteiger partial charge on any atom is -0.482 e. The average molecular weight is 406 g/mol. The third kappa shape index (κ3) is 5.57. The molecule has 0 aromatic heterocycles. The number of fused-ring (bicyclic) bond motifs is 1. The molecule has 0 spiro atoms. The van der Waals surface area contributed by atoms with E-state index in [0.29, 0.717) is 17.9 Å². The fourth-order valence-electron chi connectivity index (χ4n) is 2.85. The molecule has 30 heavy (non-hydrogen) atoms. The van der Waals surface area contributed by atoms with Crippen molar-refractivity contribution in [3.8, 4) is 5.75 Å². The monoisotopic (exact) mass is 406 g/mol. The Morgan fingerprint density at radius 2 is 1.60 bits per heavy atom. The molecule has 7 heteroatoms. The molecule has 3 rings (SSSR count). The smallest absolute Gasteiger partial charge is 0.345 e. The zero-order chi connectivity index (χ0) is 21.3. The molecule has 0 aliphatic carbocycles. The second-order valence-corrected chi connectivity index (χ2v) is 6.43. The quantitative estimate of drug-likeness (QED) is 0.587. The topological polar surface area (TPSA) is 93.7 Å². The molecule has 2 N–H and O–H groups in total. The number of carbonyl (C=O) groups is 3. The van der Waals surface area contributed by atoms with E-state index in [1.165, 1.54) is 0 Å². The van der Waals surface area contributed by atoms with Crippen molar-refractivity contribution < 1.29 is 23.9 Å². The van der Waals surface area contributed by atoms with Crippen LogP contribution in [0.3, 0.4) is 0 Å². The van der Waals surface area contributed by atoms with Gasteiger partial charge in [0.15, 0.2) is 6.61 Å². The highest BCUT2D eigenvalue weighted by molar-refractivity contribution is 5.97. The van der Waals surface area contributed by atoms with Crippen molar-refractivity contribution in [2.24, 2.45) is 0 Å². The van der Waals surface area contributed by atoms with Crippen LogP contribution in [0.25, 0.3) is 10.8 Å². The largest absolute Gasteiger partial charge is 0.482 e. The SMILES string of the molecule is CCNC(=O)NC(=O)[C@@H](OC(=O)COc1ccc2ccccc2c1)c1ccccc1. The number of carbonyl (C=O) groups excluding carboxylic acids is 3. The van der Waals surface area contributed by atoms with Gasteiger partial charge in [-0.3, -0.25) is 10.1 Å². The first kappa shape index (κ1) is 20.9. The Labute approximate surface area is 174 Å². The number of nitrogens with one attached hydrogen (secondary N) is 2. The van der Waals surface area contributed by atoms with Gasteiger partial charge in [-0.05, 0) is 29.8 Å². The van der Waals surface area contributed by atoms with E-state index in [2.05, 4.69) is 10.6 Å². The van der Waals surface area contributed by atoms with Crippen LogP contribution in [-0.4, -0.2) is 31.1 Å². The Bertz CT molecular complexity index is 1040. The Morgan fingerprint density at radius 3 is 2.33 bits per heavy atom. The molecule has 0 unspecified atom stereocenters. The fraction of sp³-hybridized carbons (Fsp3) is 0.174. The van der Waals surface area contributed by atoms with Gasteiger partial charge in [-0.2, -0.15) is 0 Å². The van der Waals surface area contributed by atoms with Crippen molar-refractivity contribution in [3.63, 3.8) is 0 Å². The minimum absolute atomic E-state index is 0.356. The van der Waals surface area contributed by atoms with Gasteiger partial charge in [0.05, 0.1) is 0 Å². The molecule has 7 nitrogen and oxygen atoms in total. The molecular formula is C23H22N2O5. The lowest BCUT2D eigenvalue weighted by Gasteiger charge is -2.18. The Kier molecular flexibility index (Phi) is 7.00. The highest BCUT2D eigenvalue weighted by Gasteiger charge is 2.26. The van der Waals surface area contributed by atoms with Crippen molar-refractivity contribution >= 4 is 28.7 Å². The van der Waals surface area contributed by atoms with Crippen molar-refractivity contribution in [2.45, 2.75) is 13.0 Å². The van der Waals surface area contributed by atoms with Crippen LogP contribution in [0, 0.1) is 0 Å². The first-order valence-electron chi connectivity index (χ1n) is 9.51. The van der Waals surface area contributed by atoms with Gasteiger partial charge < -0.3 is 14.8 Å². The van der Waals surface area contributed by atoms with Gasteiger partial charge >= 0.3 is 12.0 Å². The fourth-order valence-corrected chi connectivity index (χ4v) is 2.85. The van der Waals surface area contributed by atoms with Crippen LogP contribution >= 0.6 is 0 Å². The molecule has 0 radical (unpaired) electrons. The highest BCUT2D eigenvalue weighted by Crippen LogP contribution is 2.21.